The molecule has 1 N–H and O–H groups in total. The fourth-order valence-corrected chi connectivity index (χ4v) is 3.65. The van der Waals surface area contributed by atoms with E-state index in [0.29, 0.717) is 17.6 Å². The lowest BCUT2D eigenvalue weighted by Gasteiger charge is -2.27. The van der Waals surface area contributed by atoms with Gasteiger partial charge in [-0.25, -0.2) is 0 Å². The fraction of sp³-hybridized carbons (Fsp3) is 0.348. The first-order chi connectivity index (χ1) is 15.4. The van der Waals surface area contributed by atoms with Crippen LogP contribution in [0, 0.1) is 17.2 Å². The minimum absolute atomic E-state index is 0.0221. The molecule has 2 aromatic heterocycles. The summed E-state index contributed by atoms with van der Waals surface area (Å²) in [6.45, 7) is 8.05. The van der Waals surface area contributed by atoms with Gasteiger partial charge in [0, 0.05) is 23.6 Å². The van der Waals surface area contributed by atoms with E-state index in [0.717, 1.165) is 17.0 Å². The Hall–Kier alpha value is -3.38. The van der Waals surface area contributed by atoms with Crippen molar-refractivity contribution in [3.8, 4) is 28.9 Å². The summed E-state index contributed by atoms with van der Waals surface area (Å²) in [5.74, 6) is 1.23. The largest absolute Gasteiger partial charge is 0.494 e. The lowest BCUT2D eigenvalue weighted by molar-refractivity contribution is -0.120. The van der Waals surface area contributed by atoms with E-state index in [9.17, 15) is 10.1 Å². The third-order valence-electron chi connectivity index (χ3n) is 5.08. The molecule has 2 heterocycles. The zero-order valence-corrected chi connectivity index (χ0v) is 19.4. The number of ether oxygens (including phenoxy) is 1. The Kier molecular flexibility index (Phi) is 7.49. The third kappa shape index (κ3) is 5.26. The van der Waals surface area contributed by atoms with Crippen LogP contribution in [0.1, 0.15) is 27.7 Å². The van der Waals surface area contributed by atoms with Gasteiger partial charge in [-0.3, -0.25) is 14.3 Å². The Morgan fingerprint density at radius 3 is 2.62 bits per heavy atom. The van der Waals surface area contributed by atoms with E-state index in [1.54, 1.807) is 19.3 Å². The van der Waals surface area contributed by atoms with E-state index in [2.05, 4.69) is 26.6 Å². The molecule has 1 amide bonds. The van der Waals surface area contributed by atoms with Gasteiger partial charge in [-0.15, -0.1) is 10.2 Å². The van der Waals surface area contributed by atoms with Gasteiger partial charge >= 0.3 is 0 Å². The molecule has 9 heteroatoms. The summed E-state index contributed by atoms with van der Waals surface area (Å²) in [7, 11) is 0. The van der Waals surface area contributed by atoms with E-state index in [1.807, 2.05) is 61.7 Å². The van der Waals surface area contributed by atoms with Crippen molar-refractivity contribution in [1.82, 2.24) is 25.1 Å². The summed E-state index contributed by atoms with van der Waals surface area (Å²) < 4.78 is 7.43. The summed E-state index contributed by atoms with van der Waals surface area (Å²) in [5, 5.41) is 21.5. The van der Waals surface area contributed by atoms with Crippen molar-refractivity contribution in [2.45, 2.75) is 38.4 Å². The molecule has 3 aromatic rings. The number of amides is 1. The Morgan fingerprint density at radius 2 is 2.03 bits per heavy atom. The van der Waals surface area contributed by atoms with E-state index >= 15 is 0 Å². The molecule has 0 aliphatic heterocycles. The molecule has 1 unspecified atom stereocenters. The highest BCUT2D eigenvalue weighted by molar-refractivity contribution is 7.99. The quantitative estimate of drug-likeness (QED) is 0.493. The number of carbonyl (C=O) groups excluding carboxylic acids is 1. The lowest BCUT2D eigenvalue weighted by Crippen LogP contribution is -2.49. The van der Waals surface area contributed by atoms with Gasteiger partial charge in [-0.1, -0.05) is 25.6 Å². The van der Waals surface area contributed by atoms with Crippen LogP contribution in [-0.2, 0) is 4.79 Å². The van der Waals surface area contributed by atoms with E-state index < -0.39 is 5.54 Å². The average Bonchev–Trinajstić information content (AvgIpc) is 3.23. The van der Waals surface area contributed by atoms with Crippen LogP contribution in [0.3, 0.4) is 0 Å². The number of nitrogens with zero attached hydrogens (tertiary/aromatic N) is 5. The minimum Gasteiger partial charge on any atom is -0.494 e. The Labute approximate surface area is 192 Å². The summed E-state index contributed by atoms with van der Waals surface area (Å²) in [4.78, 5) is 16.8. The van der Waals surface area contributed by atoms with Crippen LogP contribution in [-0.4, -0.2) is 43.6 Å². The van der Waals surface area contributed by atoms with Crippen LogP contribution in [0.15, 0.2) is 53.9 Å². The number of thioether (sulfide) groups is 1. The van der Waals surface area contributed by atoms with Gasteiger partial charge in [0.15, 0.2) is 11.0 Å². The highest BCUT2D eigenvalue weighted by atomic mass is 32.2. The Bertz CT molecular complexity index is 1090. The molecule has 0 saturated heterocycles. The SMILES string of the molecule is CCOc1ccc(-n2c(SCC(=O)NC(C)(C#N)C(C)C)nnc2-c2cccnc2)cc1. The Balaban J connectivity index is 1.89. The van der Waals surface area contributed by atoms with E-state index in [-0.39, 0.29) is 17.6 Å². The number of hydrogen-bond acceptors (Lipinski definition) is 7. The minimum atomic E-state index is -0.929. The summed E-state index contributed by atoms with van der Waals surface area (Å²) in [5.41, 5.74) is 0.715. The van der Waals surface area contributed by atoms with Crippen molar-refractivity contribution in [3.63, 3.8) is 0 Å². The smallest absolute Gasteiger partial charge is 0.231 e. The number of nitriles is 1. The van der Waals surface area contributed by atoms with Gasteiger partial charge in [-0.05, 0) is 56.2 Å². The zero-order chi connectivity index (χ0) is 23.1. The van der Waals surface area contributed by atoms with Crippen LogP contribution in [0.5, 0.6) is 5.75 Å². The molecule has 32 heavy (non-hydrogen) atoms. The molecule has 0 fully saturated rings. The van der Waals surface area contributed by atoms with Crippen LogP contribution in [0.25, 0.3) is 17.1 Å². The fourth-order valence-electron chi connectivity index (χ4n) is 2.89. The topological polar surface area (TPSA) is 106 Å². The van der Waals surface area contributed by atoms with Crippen LogP contribution >= 0.6 is 11.8 Å². The average molecular weight is 451 g/mol. The van der Waals surface area contributed by atoms with Crippen LogP contribution in [0.4, 0.5) is 0 Å². The first-order valence-electron chi connectivity index (χ1n) is 10.3. The lowest BCUT2D eigenvalue weighted by atomic mass is 9.90. The Morgan fingerprint density at radius 1 is 1.28 bits per heavy atom. The van der Waals surface area contributed by atoms with Crippen molar-refractivity contribution in [2.75, 3.05) is 12.4 Å². The van der Waals surface area contributed by atoms with Gasteiger partial charge in [0.1, 0.15) is 11.3 Å². The number of carbonyl (C=O) groups is 1. The van der Waals surface area contributed by atoms with Crippen molar-refractivity contribution < 1.29 is 9.53 Å². The maximum absolute atomic E-state index is 12.6. The number of benzene rings is 1. The van der Waals surface area contributed by atoms with Gasteiger partial charge in [-0.2, -0.15) is 5.26 Å². The molecule has 8 nitrogen and oxygen atoms in total. The number of rotatable bonds is 9. The number of hydrogen-bond donors (Lipinski definition) is 1. The number of pyridine rings is 1. The van der Waals surface area contributed by atoms with Gasteiger partial charge in [0.2, 0.25) is 5.91 Å². The second-order valence-corrected chi connectivity index (χ2v) is 8.56. The molecule has 0 spiro atoms. The van der Waals surface area contributed by atoms with Gasteiger partial charge in [0.05, 0.1) is 18.4 Å². The standard InChI is InChI=1S/C23H26N6O2S/c1-5-31-19-10-8-18(9-11-19)29-21(17-7-6-12-25-13-17)27-28-22(29)32-14-20(30)26-23(4,15-24)16(2)3/h6-13,16H,5,14H2,1-4H3,(H,26,30). The van der Waals surface area contributed by atoms with Crippen molar-refractivity contribution in [1.29, 1.82) is 5.26 Å². The third-order valence-corrected chi connectivity index (χ3v) is 6.01. The van der Waals surface area contributed by atoms with E-state index in [1.165, 1.54) is 11.8 Å². The number of aromatic nitrogens is 4. The predicted molar refractivity (Wildman–Crippen MR) is 123 cm³/mol. The normalized spacial score (nSPS) is 12.8. The molecule has 0 aliphatic carbocycles. The van der Waals surface area contributed by atoms with Gasteiger partial charge in [0.25, 0.3) is 0 Å². The summed E-state index contributed by atoms with van der Waals surface area (Å²) in [6, 6.07) is 13.5. The first-order valence-corrected chi connectivity index (χ1v) is 11.3. The second-order valence-electron chi connectivity index (χ2n) is 7.62. The molecule has 1 atom stereocenters. The molecule has 0 radical (unpaired) electrons. The molecule has 3 rings (SSSR count). The molecule has 0 bridgehead atoms. The monoisotopic (exact) mass is 450 g/mol. The molecule has 0 saturated carbocycles. The zero-order valence-electron chi connectivity index (χ0n) is 18.6. The van der Waals surface area contributed by atoms with Crippen molar-refractivity contribution in [3.05, 3.63) is 48.8 Å². The van der Waals surface area contributed by atoms with E-state index in [4.69, 9.17) is 4.74 Å². The number of nitrogens with one attached hydrogen (secondary N) is 1. The first kappa shape index (κ1) is 23.3. The molecule has 166 valence electrons. The highest BCUT2D eigenvalue weighted by Gasteiger charge is 2.30. The molecular weight excluding hydrogens is 424 g/mol. The molecule has 1 aromatic carbocycles. The molecular formula is C23H26N6O2S. The van der Waals surface area contributed by atoms with Crippen molar-refractivity contribution >= 4 is 17.7 Å². The van der Waals surface area contributed by atoms with Crippen LogP contribution < -0.4 is 10.1 Å². The maximum Gasteiger partial charge on any atom is 0.231 e. The maximum atomic E-state index is 12.6. The van der Waals surface area contributed by atoms with Crippen molar-refractivity contribution in [2.24, 2.45) is 5.92 Å². The second kappa shape index (κ2) is 10.3. The van der Waals surface area contributed by atoms with Crippen LogP contribution in [0.2, 0.25) is 0 Å². The summed E-state index contributed by atoms with van der Waals surface area (Å²) >= 11 is 1.26. The van der Waals surface area contributed by atoms with Gasteiger partial charge < -0.3 is 10.1 Å². The highest BCUT2D eigenvalue weighted by Crippen LogP contribution is 2.28. The summed E-state index contributed by atoms with van der Waals surface area (Å²) in [6.07, 6.45) is 3.42. The predicted octanol–water partition coefficient (Wildman–Crippen LogP) is 3.87. The molecule has 0 aliphatic rings.